The minimum absolute atomic E-state index is 0.257. The Morgan fingerprint density at radius 2 is 1.78 bits per heavy atom. The zero-order valence-electron chi connectivity index (χ0n) is 17.0. The number of halogens is 2. The zero-order valence-corrected chi connectivity index (χ0v) is 18.6. The van der Waals surface area contributed by atoms with Crippen LogP contribution in [0.15, 0.2) is 53.0 Å². The highest BCUT2D eigenvalue weighted by Gasteiger charge is 2.48. The van der Waals surface area contributed by atoms with Crippen molar-refractivity contribution < 1.29 is 23.6 Å². The molecule has 1 unspecified atom stereocenters. The van der Waals surface area contributed by atoms with E-state index in [0.717, 1.165) is 4.47 Å². The van der Waals surface area contributed by atoms with Gasteiger partial charge in [0.2, 0.25) is 0 Å². The molecule has 0 aromatic heterocycles. The molecule has 1 atom stereocenters. The highest BCUT2D eigenvalue weighted by molar-refractivity contribution is 9.10. The van der Waals surface area contributed by atoms with Crippen LogP contribution < -0.4 is 27.5 Å². The van der Waals surface area contributed by atoms with Crippen LogP contribution in [0.4, 0.5) is 24.5 Å². The summed E-state index contributed by atoms with van der Waals surface area (Å²) in [5.74, 6) is -0.947. The molecule has 0 bridgehead atoms. The van der Waals surface area contributed by atoms with E-state index >= 15 is 0 Å². The number of hydrazine groups is 1. The van der Waals surface area contributed by atoms with Crippen LogP contribution in [0.5, 0.6) is 0 Å². The molecule has 1 aliphatic rings. The number of amides is 7. The van der Waals surface area contributed by atoms with Gasteiger partial charge in [-0.3, -0.25) is 4.79 Å². The summed E-state index contributed by atoms with van der Waals surface area (Å²) in [5.41, 5.74) is 10.8. The number of nitrogens with zero attached hydrogens (tertiary/aromatic N) is 1. The quantitative estimate of drug-likeness (QED) is 0.392. The van der Waals surface area contributed by atoms with Crippen molar-refractivity contribution in [3.63, 3.8) is 0 Å². The van der Waals surface area contributed by atoms with Gasteiger partial charge in [0.05, 0.1) is 0 Å². The third-order valence-corrected chi connectivity index (χ3v) is 4.91. The number of urea groups is 3. The van der Waals surface area contributed by atoms with Crippen molar-refractivity contribution in [2.24, 2.45) is 11.5 Å². The van der Waals surface area contributed by atoms with E-state index in [1.54, 1.807) is 43.3 Å². The average Bonchev–Trinajstić information content (AvgIpc) is 2.91. The van der Waals surface area contributed by atoms with Crippen molar-refractivity contribution in [3.05, 3.63) is 64.4 Å². The minimum atomic E-state index is -1.20. The van der Waals surface area contributed by atoms with Crippen molar-refractivity contribution >= 4 is 45.6 Å². The number of carbonyl (C=O) groups is 4. The molecule has 1 saturated heterocycles. The first-order valence-electron chi connectivity index (χ1n) is 9.29. The number of benzene rings is 2. The fourth-order valence-corrected chi connectivity index (χ4v) is 3.10. The van der Waals surface area contributed by atoms with Gasteiger partial charge in [-0.1, -0.05) is 28.1 Å². The van der Waals surface area contributed by atoms with E-state index in [4.69, 9.17) is 4.79 Å². The second kappa shape index (κ2) is 10.6. The first kappa shape index (κ1) is 24.6. The summed E-state index contributed by atoms with van der Waals surface area (Å²) in [4.78, 5) is 46.0. The molecule has 170 valence electrons. The number of imide groups is 1. The molecule has 7 N–H and O–H groups in total. The number of hydrogen-bond acceptors (Lipinski definition) is 4. The maximum Gasteiger partial charge on any atom is 0.344 e. The van der Waals surface area contributed by atoms with E-state index in [0.29, 0.717) is 22.7 Å². The second-order valence-corrected chi connectivity index (χ2v) is 7.92. The van der Waals surface area contributed by atoms with Crippen molar-refractivity contribution in [2.75, 3.05) is 5.32 Å². The fourth-order valence-electron chi connectivity index (χ4n) is 2.84. The van der Waals surface area contributed by atoms with Crippen molar-refractivity contribution in [3.8, 4) is 0 Å². The lowest BCUT2D eigenvalue weighted by Crippen LogP contribution is -2.50. The summed E-state index contributed by atoms with van der Waals surface area (Å²) < 4.78 is 14.2. The molecule has 32 heavy (non-hydrogen) atoms. The molecule has 0 spiro atoms. The Labute approximate surface area is 191 Å². The third-order valence-electron chi connectivity index (χ3n) is 4.38. The number of rotatable bonds is 5. The summed E-state index contributed by atoms with van der Waals surface area (Å²) in [6.45, 7) is 1.57. The van der Waals surface area contributed by atoms with Crippen LogP contribution in [0.2, 0.25) is 0 Å². The standard InChI is InChI=1S/C19H18BrFN4O3.CH4N2O/c1-19(10-9-12-3-2-4-14(21)11-12)16(26)25(18(28)23-19)24-17(27)22-15-7-5-13(20)6-8-15;2-1(3)4/h2-8,11H,9-10H2,1H3,(H,23,28)(H2,22,24,27);(H4,2,3,4). The van der Waals surface area contributed by atoms with Gasteiger partial charge in [-0.15, -0.1) is 0 Å². The molecule has 2 aromatic rings. The lowest BCUT2D eigenvalue weighted by molar-refractivity contribution is -0.132. The predicted molar refractivity (Wildman–Crippen MR) is 119 cm³/mol. The van der Waals surface area contributed by atoms with Crippen LogP contribution in [0.1, 0.15) is 18.9 Å². The molecule has 7 amide bonds. The van der Waals surface area contributed by atoms with Gasteiger partial charge in [0.25, 0.3) is 5.91 Å². The van der Waals surface area contributed by atoms with Gasteiger partial charge in [0.1, 0.15) is 11.4 Å². The minimum Gasteiger partial charge on any atom is -0.352 e. The van der Waals surface area contributed by atoms with E-state index in [-0.39, 0.29) is 12.2 Å². The number of carbonyl (C=O) groups excluding carboxylic acids is 4. The topological polar surface area (TPSA) is 160 Å². The Balaban J connectivity index is 0.000000837. The Kier molecular flexibility index (Phi) is 8.13. The molecule has 2 aromatic carbocycles. The van der Waals surface area contributed by atoms with Crippen molar-refractivity contribution in [2.45, 2.75) is 25.3 Å². The molecule has 1 aliphatic heterocycles. The van der Waals surface area contributed by atoms with E-state index in [9.17, 15) is 18.8 Å². The Hall–Kier alpha value is -3.67. The Morgan fingerprint density at radius 1 is 1.16 bits per heavy atom. The maximum atomic E-state index is 13.3. The van der Waals surface area contributed by atoms with Crippen LogP contribution in [0, 0.1) is 5.82 Å². The third kappa shape index (κ3) is 6.94. The smallest absolute Gasteiger partial charge is 0.344 e. The molecule has 10 nitrogen and oxygen atoms in total. The normalized spacial score (nSPS) is 17.2. The number of aryl methyl sites for hydroxylation is 1. The van der Waals surface area contributed by atoms with Crippen molar-refractivity contribution in [1.82, 2.24) is 15.8 Å². The molecule has 12 heteroatoms. The highest BCUT2D eigenvalue weighted by atomic mass is 79.9. The van der Waals surface area contributed by atoms with E-state index in [1.165, 1.54) is 12.1 Å². The summed E-state index contributed by atoms with van der Waals surface area (Å²) in [5, 5.41) is 5.78. The number of primary amides is 2. The van der Waals surface area contributed by atoms with E-state index in [1.807, 2.05) is 0 Å². The summed E-state index contributed by atoms with van der Waals surface area (Å²) >= 11 is 3.29. The van der Waals surface area contributed by atoms with Gasteiger partial charge in [-0.05, 0) is 61.7 Å². The van der Waals surface area contributed by atoms with Crippen LogP contribution in [-0.2, 0) is 11.2 Å². The van der Waals surface area contributed by atoms with Crippen LogP contribution in [0.3, 0.4) is 0 Å². The lowest BCUT2D eigenvalue weighted by Gasteiger charge is -2.21. The second-order valence-electron chi connectivity index (χ2n) is 7.01. The predicted octanol–water partition coefficient (Wildman–Crippen LogP) is 2.59. The van der Waals surface area contributed by atoms with E-state index < -0.39 is 29.5 Å². The van der Waals surface area contributed by atoms with Gasteiger partial charge in [-0.2, -0.15) is 5.01 Å². The number of nitrogens with two attached hydrogens (primary N) is 2. The van der Waals surface area contributed by atoms with E-state index in [2.05, 4.69) is 43.5 Å². The van der Waals surface area contributed by atoms with Crippen LogP contribution in [-0.4, -0.2) is 34.5 Å². The highest BCUT2D eigenvalue weighted by Crippen LogP contribution is 2.22. The SMILES string of the molecule is CC1(CCc2cccc(F)c2)NC(=O)N(NC(=O)Nc2ccc(Br)cc2)C1=O.NC(N)=O. The average molecular weight is 509 g/mol. The maximum absolute atomic E-state index is 13.3. The largest absolute Gasteiger partial charge is 0.352 e. The monoisotopic (exact) mass is 508 g/mol. The van der Waals surface area contributed by atoms with Gasteiger partial charge >= 0.3 is 18.1 Å². The van der Waals surface area contributed by atoms with Gasteiger partial charge < -0.3 is 22.1 Å². The zero-order chi connectivity index (χ0) is 23.9. The van der Waals surface area contributed by atoms with Gasteiger partial charge in [-0.25, -0.2) is 24.2 Å². The summed E-state index contributed by atoms with van der Waals surface area (Å²) in [7, 11) is 0. The number of nitrogens with one attached hydrogen (secondary N) is 3. The molecular formula is C20H22BrFN6O4. The molecule has 3 rings (SSSR count). The van der Waals surface area contributed by atoms with Gasteiger partial charge in [0.15, 0.2) is 0 Å². The molecule has 0 radical (unpaired) electrons. The van der Waals surface area contributed by atoms with Gasteiger partial charge in [0, 0.05) is 10.2 Å². The fraction of sp³-hybridized carbons (Fsp3) is 0.200. The molecule has 0 saturated carbocycles. The van der Waals surface area contributed by atoms with Crippen molar-refractivity contribution in [1.29, 1.82) is 0 Å². The Bertz CT molecular complexity index is 1020. The summed E-state index contributed by atoms with van der Waals surface area (Å²) in [6, 6.07) is 10.6. The molecule has 1 heterocycles. The summed E-state index contributed by atoms with van der Waals surface area (Å²) in [6.07, 6.45) is 0.646. The molecule has 0 aliphatic carbocycles. The molecular weight excluding hydrogens is 487 g/mol. The number of anilines is 1. The Morgan fingerprint density at radius 3 is 2.38 bits per heavy atom. The number of hydrogen-bond donors (Lipinski definition) is 5. The first-order chi connectivity index (χ1) is 15.0. The van der Waals surface area contributed by atoms with Crippen LogP contribution in [0.25, 0.3) is 0 Å². The first-order valence-corrected chi connectivity index (χ1v) is 10.1. The van der Waals surface area contributed by atoms with Crippen LogP contribution >= 0.6 is 15.9 Å². The lowest BCUT2D eigenvalue weighted by atomic mass is 9.93. The molecule has 1 fully saturated rings.